The lowest BCUT2D eigenvalue weighted by Gasteiger charge is -2.06. The van der Waals surface area contributed by atoms with Crippen molar-refractivity contribution in [2.24, 2.45) is 0 Å². The maximum Gasteiger partial charge on any atom is 0.276 e. The molecule has 0 saturated heterocycles. The largest absolute Gasteiger partial charge is 0.319 e. The molecule has 0 radical (unpaired) electrons. The Bertz CT molecular complexity index is 800. The summed E-state index contributed by atoms with van der Waals surface area (Å²) >= 11 is 11.8. The van der Waals surface area contributed by atoms with Crippen LogP contribution in [0, 0.1) is 0 Å². The highest BCUT2D eigenvalue weighted by atomic mass is 35.5. The fourth-order valence-electron chi connectivity index (χ4n) is 1.80. The van der Waals surface area contributed by atoms with E-state index < -0.39 is 0 Å². The lowest BCUT2D eigenvalue weighted by Crippen LogP contribution is -2.13. The van der Waals surface area contributed by atoms with Crippen LogP contribution in [0.2, 0.25) is 10.0 Å². The molecule has 3 aromatic rings. The van der Waals surface area contributed by atoms with Gasteiger partial charge in [0.25, 0.3) is 5.91 Å². The zero-order valence-electron chi connectivity index (χ0n) is 10.0. The van der Waals surface area contributed by atoms with Crippen LogP contribution < -0.4 is 5.32 Å². The van der Waals surface area contributed by atoms with Crippen LogP contribution in [0.15, 0.2) is 36.7 Å². The van der Waals surface area contributed by atoms with E-state index in [-0.39, 0.29) is 11.6 Å². The summed E-state index contributed by atoms with van der Waals surface area (Å²) in [6, 6.07) is 6.58. The molecule has 2 aromatic heterocycles. The van der Waals surface area contributed by atoms with Crippen molar-refractivity contribution in [2.45, 2.75) is 0 Å². The topological polar surface area (TPSA) is 70.7 Å². The second kappa shape index (κ2) is 5.11. The molecule has 0 atom stereocenters. The first-order chi connectivity index (χ1) is 9.65. The number of hydrogen-bond donors (Lipinski definition) is 2. The van der Waals surface area contributed by atoms with Crippen LogP contribution in [0.25, 0.3) is 10.9 Å². The number of fused-ring (bicyclic) bond motifs is 1. The number of benzene rings is 1. The standard InChI is InChI=1S/C13H8Cl2N4O/c14-7-1-2-11(9(15)5-7)17-13(20)12-8-6-16-4-3-10(8)18-19-12/h1-6H,(H,17,20)(H,18,19). The Morgan fingerprint density at radius 1 is 1.25 bits per heavy atom. The highest BCUT2D eigenvalue weighted by Gasteiger charge is 2.15. The Kier molecular flexibility index (Phi) is 3.30. The second-order valence-electron chi connectivity index (χ2n) is 4.07. The fourth-order valence-corrected chi connectivity index (χ4v) is 2.26. The monoisotopic (exact) mass is 306 g/mol. The average molecular weight is 307 g/mol. The summed E-state index contributed by atoms with van der Waals surface area (Å²) in [6.07, 6.45) is 3.20. The quantitative estimate of drug-likeness (QED) is 0.761. The molecule has 1 aromatic carbocycles. The molecule has 0 bridgehead atoms. The third-order valence-corrected chi connectivity index (χ3v) is 3.31. The van der Waals surface area contributed by atoms with Gasteiger partial charge in [0.2, 0.25) is 0 Å². The predicted octanol–water partition coefficient (Wildman–Crippen LogP) is 3.52. The van der Waals surface area contributed by atoms with Crippen molar-refractivity contribution in [1.82, 2.24) is 15.2 Å². The summed E-state index contributed by atoms with van der Waals surface area (Å²) in [5, 5.41) is 11.0. The molecule has 0 fully saturated rings. The summed E-state index contributed by atoms with van der Waals surface area (Å²) in [4.78, 5) is 16.2. The van der Waals surface area contributed by atoms with Crippen LogP contribution in [0.3, 0.4) is 0 Å². The van der Waals surface area contributed by atoms with Gasteiger partial charge < -0.3 is 5.32 Å². The number of anilines is 1. The molecule has 0 saturated carbocycles. The number of carbonyl (C=O) groups excluding carboxylic acids is 1. The smallest absolute Gasteiger partial charge is 0.276 e. The molecule has 5 nitrogen and oxygen atoms in total. The van der Waals surface area contributed by atoms with Crippen LogP contribution in [0.1, 0.15) is 10.5 Å². The van der Waals surface area contributed by atoms with Gasteiger partial charge in [-0.15, -0.1) is 0 Å². The Labute approximate surface area is 123 Å². The molecule has 7 heteroatoms. The fraction of sp³-hybridized carbons (Fsp3) is 0. The Hall–Kier alpha value is -2.11. The normalized spacial score (nSPS) is 10.7. The molecule has 0 aliphatic rings. The third-order valence-electron chi connectivity index (χ3n) is 2.76. The Balaban J connectivity index is 1.93. The van der Waals surface area contributed by atoms with Gasteiger partial charge in [-0.1, -0.05) is 23.2 Å². The number of H-pyrrole nitrogens is 1. The summed E-state index contributed by atoms with van der Waals surface area (Å²) in [5.74, 6) is -0.367. The number of amides is 1. The highest BCUT2D eigenvalue weighted by Crippen LogP contribution is 2.26. The molecular formula is C13H8Cl2N4O. The maximum absolute atomic E-state index is 12.2. The SMILES string of the molecule is O=C(Nc1ccc(Cl)cc1Cl)c1n[nH]c2ccncc12. The van der Waals surface area contributed by atoms with Crippen molar-refractivity contribution >= 4 is 45.7 Å². The van der Waals surface area contributed by atoms with E-state index in [0.717, 1.165) is 5.52 Å². The molecule has 0 unspecified atom stereocenters. The van der Waals surface area contributed by atoms with Gasteiger partial charge in [-0.05, 0) is 24.3 Å². The Morgan fingerprint density at radius 2 is 2.10 bits per heavy atom. The number of aromatic nitrogens is 3. The lowest BCUT2D eigenvalue weighted by molar-refractivity contribution is 0.102. The molecular weight excluding hydrogens is 299 g/mol. The van der Waals surface area contributed by atoms with Gasteiger partial charge in [0.05, 0.1) is 21.6 Å². The summed E-state index contributed by atoms with van der Waals surface area (Å²) in [6.45, 7) is 0. The van der Waals surface area contributed by atoms with E-state index >= 15 is 0 Å². The average Bonchev–Trinajstić information content (AvgIpc) is 2.86. The first kappa shape index (κ1) is 12.9. The molecule has 0 aliphatic heterocycles. The number of nitrogens with zero attached hydrogens (tertiary/aromatic N) is 2. The molecule has 1 amide bonds. The molecule has 100 valence electrons. The summed E-state index contributed by atoms with van der Waals surface area (Å²) in [5.41, 5.74) is 1.48. The summed E-state index contributed by atoms with van der Waals surface area (Å²) < 4.78 is 0. The third kappa shape index (κ3) is 2.33. The van der Waals surface area contributed by atoms with E-state index in [9.17, 15) is 4.79 Å². The highest BCUT2D eigenvalue weighted by molar-refractivity contribution is 6.36. The summed E-state index contributed by atoms with van der Waals surface area (Å²) in [7, 11) is 0. The van der Waals surface area contributed by atoms with E-state index in [1.54, 1.807) is 36.7 Å². The van der Waals surface area contributed by atoms with Crippen molar-refractivity contribution in [3.05, 3.63) is 52.4 Å². The van der Waals surface area contributed by atoms with Crippen LogP contribution in [-0.4, -0.2) is 21.1 Å². The number of nitrogens with one attached hydrogen (secondary N) is 2. The Morgan fingerprint density at radius 3 is 2.90 bits per heavy atom. The number of aromatic amines is 1. The van der Waals surface area contributed by atoms with Crippen LogP contribution in [-0.2, 0) is 0 Å². The first-order valence-electron chi connectivity index (χ1n) is 5.69. The van der Waals surface area contributed by atoms with Gasteiger partial charge in [0, 0.05) is 17.4 Å². The van der Waals surface area contributed by atoms with E-state index in [2.05, 4.69) is 20.5 Å². The van der Waals surface area contributed by atoms with E-state index in [1.165, 1.54) is 0 Å². The second-order valence-corrected chi connectivity index (χ2v) is 4.92. The predicted molar refractivity (Wildman–Crippen MR) is 78.3 cm³/mol. The van der Waals surface area contributed by atoms with Crippen molar-refractivity contribution in [1.29, 1.82) is 0 Å². The molecule has 20 heavy (non-hydrogen) atoms. The van der Waals surface area contributed by atoms with Gasteiger partial charge in [0.1, 0.15) is 0 Å². The molecule has 0 spiro atoms. The molecule has 2 heterocycles. The van der Waals surface area contributed by atoms with Crippen molar-refractivity contribution in [3.63, 3.8) is 0 Å². The maximum atomic E-state index is 12.2. The van der Waals surface area contributed by atoms with Gasteiger partial charge in [-0.25, -0.2) is 0 Å². The number of carbonyl (C=O) groups is 1. The van der Waals surface area contributed by atoms with E-state index in [4.69, 9.17) is 23.2 Å². The van der Waals surface area contributed by atoms with Gasteiger partial charge in [-0.3, -0.25) is 14.9 Å². The minimum absolute atomic E-state index is 0.263. The number of rotatable bonds is 2. The first-order valence-corrected chi connectivity index (χ1v) is 6.45. The lowest BCUT2D eigenvalue weighted by atomic mass is 10.2. The molecule has 3 rings (SSSR count). The van der Waals surface area contributed by atoms with E-state index in [0.29, 0.717) is 21.1 Å². The van der Waals surface area contributed by atoms with Crippen LogP contribution in [0.4, 0.5) is 5.69 Å². The molecule has 2 N–H and O–H groups in total. The zero-order chi connectivity index (χ0) is 14.1. The number of pyridine rings is 1. The van der Waals surface area contributed by atoms with Crippen molar-refractivity contribution in [3.8, 4) is 0 Å². The van der Waals surface area contributed by atoms with Crippen LogP contribution >= 0.6 is 23.2 Å². The van der Waals surface area contributed by atoms with Gasteiger partial charge in [0.15, 0.2) is 5.69 Å². The number of halogens is 2. The minimum Gasteiger partial charge on any atom is -0.319 e. The zero-order valence-corrected chi connectivity index (χ0v) is 11.5. The van der Waals surface area contributed by atoms with Crippen molar-refractivity contribution < 1.29 is 4.79 Å². The van der Waals surface area contributed by atoms with Crippen molar-refractivity contribution in [2.75, 3.05) is 5.32 Å². The minimum atomic E-state index is -0.367. The van der Waals surface area contributed by atoms with E-state index in [1.807, 2.05) is 0 Å². The van der Waals surface area contributed by atoms with Crippen LogP contribution in [0.5, 0.6) is 0 Å². The number of hydrogen-bond acceptors (Lipinski definition) is 3. The molecule has 0 aliphatic carbocycles. The van der Waals surface area contributed by atoms with Gasteiger partial charge in [-0.2, -0.15) is 5.10 Å². The van der Waals surface area contributed by atoms with Gasteiger partial charge >= 0.3 is 0 Å².